The van der Waals surface area contributed by atoms with Gasteiger partial charge in [0.2, 0.25) is 0 Å². The molecule has 0 radical (unpaired) electrons. The van der Waals surface area contributed by atoms with Gasteiger partial charge in [-0.05, 0) is 41.9 Å². The van der Waals surface area contributed by atoms with Gasteiger partial charge in [-0.15, -0.1) is 0 Å². The van der Waals surface area contributed by atoms with Crippen molar-refractivity contribution in [3.63, 3.8) is 0 Å². The summed E-state index contributed by atoms with van der Waals surface area (Å²) in [6.07, 6.45) is 4.34. The lowest BCUT2D eigenvalue weighted by Crippen LogP contribution is -2.04. The highest BCUT2D eigenvalue weighted by Gasteiger charge is 2.16. The molecule has 0 aliphatic heterocycles. The lowest BCUT2D eigenvalue weighted by Gasteiger charge is -2.13. The van der Waals surface area contributed by atoms with Crippen LogP contribution in [0.5, 0.6) is 0 Å². The van der Waals surface area contributed by atoms with Gasteiger partial charge in [-0.25, -0.2) is 14.4 Å². The molecular weight excluding hydrogens is 337 g/mol. The van der Waals surface area contributed by atoms with Crippen LogP contribution in [-0.2, 0) is 0 Å². The highest BCUT2D eigenvalue weighted by Crippen LogP contribution is 2.30. The number of halogens is 2. The Bertz CT molecular complexity index is 799. The molecule has 0 aliphatic rings. The number of rotatable bonds is 3. The van der Waals surface area contributed by atoms with Gasteiger partial charge in [-0.1, -0.05) is 0 Å². The predicted octanol–water partition coefficient (Wildman–Crippen LogP) is 4.05. The number of imidazole rings is 1. The van der Waals surface area contributed by atoms with Crippen molar-refractivity contribution in [2.45, 2.75) is 19.9 Å². The fourth-order valence-corrected chi connectivity index (χ4v) is 2.96. The first kappa shape index (κ1) is 13.9. The van der Waals surface area contributed by atoms with Gasteiger partial charge < -0.3 is 9.88 Å². The largest absolute Gasteiger partial charge is 0.336 e. The minimum Gasteiger partial charge on any atom is -0.336 e. The summed E-state index contributed by atoms with van der Waals surface area (Å²) in [6.45, 7) is 4.10. The second-order valence-electron chi connectivity index (χ2n) is 4.85. The molecule has 0 amide bonds. The first-order chi connectivity index (χ1) is 10.1. The third-order valence-electron chi connectivity index (χ3n) is 3.10. The maximum absolute atomic E-state index is 13.8. The summed E-state index contributed by atoms with van der Waals surface area (Å²) in [5.41, 5.74) is 1.95. The number of fused-ring (bicyclic) bond motifs is 1. The summed E-state index contributed by atoms with van der Waals surface area (Å²) in [4.78, 5) is 12.5. The van der Waals surface area contributed by atoms with Crippen molar-refractivity contribution in [2.24, 2.45) is 0 Å². The number of nitrogens with zero attached hydrogens (tertiary/aromatic N) is 4. The Morgan fingerprint density at radius 2 is 2.10 bits per heavy atom. The molecule has 0 fully saturated rings. The molecule has 3 aromatic heterocycles. The fourth-order valence-electron chi connectivity index (χ4n) is 2.18. The van der Waals surface area contributed by atoms with Crippen LogP contribution in [0.2, 0.25) is 0 Å². The van der Waals surface area contributed by atoms with E-state index in [4.69, 9.17) is 0 Å². The van der Waals surface area contributed by atoms with Crippen molar-refractivity contribution in [2.75, 3.05) is 5.32 Å². The number of anilines is 2. The Hall–Kier alpha value is -2.02. The van der Waals surface area contributed by atoms with E-state index in [2.05, 4.69) is 50.0 Å². The van der Waals surface area contributed by atoms with Gasteiger partial charge in [-0.2, -0.15) is 0 Å². The Kier molecular flexibility index (Phi) is 3.59. The number of pyridine rings is 2. The van der Waals surface area contributed by atoms with Crippen LogP contribution in [0.15, 0.2) is 35.5 Å². The zero-order valence-corrected chi connectivity index (χ0v) is 13.1. The van der Waals surface area contributed by atoms with Crippen molar-refractivity contribution in [1.29, 1.82) is 0 Å². The minimum absolute atomic E-state index is 0.191. The molecule has 3 rings (SSSR count). The SMILES string of the molecule is CC(C)n1c(Br)nc2ccnc(Nc3ccncc3F)c21. The summed E-state index contributed by atoms with van der Waals surface area (Å²) in [7, 11) is 0. The topological polar surface area (TPSA) is 55.6 Å². The normalized spacial score (nSPS) is 11.3. The van der Waals surface area contributed by atoms with Crippen LogP contribution in [0.4, 0.5) is 15.9 Å². The maximum atomic E-state index is 13.8. The zero-order valence-electron chi connectivity index (χ0n) is 11.5. The second kappa shape index (κ2) is 5.40. The van der Waals surface area contributed by atoms with Crippen molar-refractivity contribution < 1.29 is 4.39 Å². The van der Waals surface area contributed by atoms with Crippen LogP contribution in [0.1, 0.15) is 19.9 Å². The number of hydrogen-bond acceptors (Lipinski definition) is 4. The van der Waals surface area contributed by atoms with E-state index in [-0.39, 0.29) is 6.04 Å². The van der Waals surface area contributed by atoms with Gasteiger partial charge in [-0.3, -0.25) is 4.98 Å². The molecule has 0 atom stereocenters. The van der Waals surface area contributed by atoms with Gasteiger partial charge >= 0.3 is 0 Å². The Balaban J connectivity index is 2.17. The highest BCUT2D eigenvalue weighted by atomic mass is 79.9. The van der Waals surface area contributed by atoms with Crippen LogP contribution in [0.3, 0.4) is 0 Å². The molecular formula is C14H13BrFN5. The number of nitrogens with one attached hydrogen (secondary N) is 1. The van der Waals surface area contributed by atoms with Gasteiger partial charge in [0.1, 0.15) is 5.52 Å². The molecule has 21 heavy (non-hydrogen) atoms. The monoisotopic (exact) mass is 349 g/mol. The van der Waals surface area contributed by atoms with Crippen LogP contribution in [0.25, 0.3) is 11.0 Å². The molecule has 0 saturated carbocycles. The van der Waals surface area contributed by atoms with E-state index in [0.717, 1.165) is 22.0 Å². The molecule has 0 saturated heterocycles. The predicted molar refractivity (Wildman–Crippen MR) is 83.1 cm³/mol. The summed E-state index contributed by atoms with van der Waals surface area (Å²) in [5, 5.41) is 3.02. The standard InChI is InChI=1S/C14H13BrFN5/c1-8(2)21-12-11(20-14(21)15)4-6-18-13(12)19-10-3-5-17-7-9(10)16/h3-8H,1-2H3,(H,17,18,19). The van der Waals surface area contributed by atoms with E-state index in [0.29, 0.717) is 11.5 Å². The van der Waals surface area contributed by atoms with Crippen molar-refractivity contribution in [3.05, 3.63) is 41.3 Å². The first-order valence-corrected chi connectivity index (χ1v) is 7.26. The van der Waals surface area contributed by atoms with E-state index in [1.807, 2.05) is 10.6 Å². The van der Waals surface area contributed by atoms with Crippen molar-refractivity contribution in [3.8, 4) is 0 Å². The van der Waals surface area contributed by atoms with Crippen LogP contribution < -0.4 is 5.32 Å². The van der Waals surface area contributed by atoms with Crippen LogP contribution in [0, 0.1) is 5.82 Å². The molecule has 108 valence electrons. The van der Waals surface area contributed by atoms with Crippen molar-refractivity contribution in [1.82, 2.24) is 19.5 Å². The number of aromatic nitrogens is 4. The molecule has 3 aromatic rings. The minimum atomic E-state index is -0.425. The van der Waals surface area contributed by atoms with Gasteiger partial charge in [0.15, 0.2) is 16.4 Å². The molecule has 3 heterocycles. The molecule has 5 nitrogen and oxygen atoms in total. The number of hydrogen-bond donors (Lipinski definition) is 1. The summed E-state index contributed by atoms with van der Waals surface area (Å²) in [6, 6.07) is 3.59. The molecule has 0 aliphatic carbocycles. The lowest BCUT2D eigenvalue weighted by molar-refractivity contribution is 0.604. The third kappa shape index (κ3) is 2.49. The van der Waals surface area contributed by atoms with Gasteiger partial charge in [0, 0.05) is 18.4 Å². The average Bonchev–Trinajstić information content (AvgIpc) is 2.78. The summed E-state index contributed by atoms with van der Waals surface area (Å²) < 4.78 is 16.5. The van der Waals surface area contributed by atoms with Gasteiger partial charge in [0.05, 0.1) is 17.4 Å². The molecule has 0 unspecified atom stereocenters. The third-order valence-corrected chi connectivity index (χ3v) is 3.66. The Labute approximate surface area is 129 Å². The summed E-state index contributed by atoms with van der Waals surface area (Å²) in [5.74, 6) is 0.135. The second-order valence-corrected chi connectivity index (χ2v) is 5.56. The molecule has 1 N–H and O–H groups in total. The van der Waals surface area contributed by atoms with Crippen molar-refractivity contribution >= 4 is 38.5 Å². The van der Waals surface area contributed by atoms with Crippen LogP contribution >= 0.6 is 15.9 Å². The van der Waals surface area contributed by atoms with E-state index in [9.17, 15) is 4.39 Å². The Morgan fingerprint density at radius 1 is 1.29 bits per heavy atom. The fraction of sp³-hybridized carbons (Fsp3) is 0.214. The van der Waals surface area contributed by atoms with E-state index < -0.39 is 5.82 Å². The van der Waals surface area contributed by atoms with E-state index in [1.54, 1.807) is 12.3 Å². The van der Waals surface area contributed by atoms with E-state index >= 15 is 0 Å². The van der Waals surface area contributed by atoms with Crippen LogP contribution in [-0.4, -0.2) is 19.5 Å². The molecule has 7 heteroatoms. The molecule has 0 aromatic carbocycles. The van der Waals surface area contributed by atoms with E-state index in [1.165, 1.54) is 6.20 Å². The first-order valence-electron chi connectivity index (χ1n) is 6.47. The summed E-state index contributed by atoms with van der Waals surface area (Å²) >= 11 is 3.46. The van der Waals surface area contributed by atoms with Gasteiger partial charge in [0.25, 0.3) is 0 Å². The lowest BCUT2D eigenvalue weighted by atomic mass is 10.3. The Morgan fingerprint density at radius 3 is 2.81 bits per heavy atom. The molecule has 0 spiro atoms. The smallest absolute Gasteiger partial charge is 0.178 e. The average molecular weight is 350 g/mol. The quantitative estimate of drug-likeness (QED) is 0.774. The molecule has 0 bridgehead atoms. The highest BCUT2D eigenvalue weighted by molar-refractivity contribution is 9.10. The zero-order chi connectivity index (χ0) is 15.0. The maximum Gasteiger partial charge on any atom is 0.178 e.